The molecule has 58 heavy (non-hydrogen) atoms. The van der Waals surface area contributed by atoms with Crippen molar-refractivity contribution in [1.29, 1.82) is 0 Å². The maximum absolute atomic E-state index is 5.33. The van der Waals surface area contributed by atoms with E-state index in [0.29, 0.717) is 0 Å². The van der Waals surface area contributed by atoms with Gasteiger partial charge in [0.25, 0.3) is 0 Å². The number of para-hydroxylation sites is 2. The van der Waals surface area contributed by atoms with E-state index >= 15 is 0 Å². The summed E-state index contributed by atoms with van der Waals surface area (Å²) in [4.78, 5) is 2.37. The highest BCUT2D eigenvalue weighted by molar-refractivity contribution is 6.11. The average molecular weight is 743 g/mol. The van der Waals surface area contributed by atoms with Crippen LogP contribution in [0.25, 0.3) is 77.4 Å². The second-order valence-corrected chi connectivity index (χ2v) is 14.9. The molecule has 0 aliphatic heterocycles. The smallest absolute Gasteiger partial charge is 0.0963 e. The van der Waals surface area contributed by atoms with Crippen LogP contribution in [0.4, 0.5) is 17.1 Å². The minimum absolute atomic E-state index is 0.981. The molecular formula is C54H38N4. The van der Waals surface area contributed by atoms with Gasteiger partial charge in [-0.3, -0.25) is 0 Å². The number of nitrogens with zero attached hydrogens (tertiary/aromatic N) is 4. The molecule has 11 rings (SSSR count). The van der Waals surface area contributed by atoms with Crippen LogP contribution < -0.4 is 4.90 Å². The van der Waals surface area contributed by atoms with E-state index in [1.54, 1.807) is 0 Å². The van der Waals surface area contributed by atoms with Crippen LogP contribution in [0, 0.1) is 6.92 Å². The molecule has 0 amide bonds. The Kier molecular flexibility index (Phi) is 8.00. The standard InChI is InChI=1S/C54H38N4/c1-37-53(55-58-52(40-17-7-3-8-18-40)35-42-19-11-12-22-47(42)54(37)58)41-27-31-45(32-28-41)56(44-29-25-39(26-30-44)38-15-5-2-6-16-38)46-33-34-51-49(36-46)48-23-13-14-24-50(48)57(51)43-20-9-4-10-21-43/h2-36H,1H3. The van der Waals surface area contributed by atoms with Gasteiger partial charge in [-0.2, -0.15) is 5.10 Å². The van der Waals surface area contributed by atoms with Crippen LogP contribution in [0.2, 0.25) is 0 Å². The monoisotopic (exact) mass is 742 g/mol. The van der Waals surface area contributed by atoms with Crippen LogP contribution in [0.5, 0.6) is 0 Å². The van der Waals surface area contributed by atoms with Gasteiger partial charge in [0.15, 0.2) is 0 Å². The maximum Gasteiger partial charge on any atom is 0.0963 e. The zero-order valence-electron chi connectivity index (χ0n) is 32.0. The molecule has 3 heterocycles. The van der Waals surface area contributed by atoms with Gasteiger partial charge in [-0.15, -0.1) is 0 Å². The van der Waals surface area contributed by atoms with E-state index in [9.17, 15) is 0 Å². The number of aromatic nitrogens is 3. The first-order valence-electron chi connectivity index (χ1n) is 19.8. The highest BCUT2D eigenvalue weighted by Crippen LogP contribution is 2.41. The summed E-state index contributed by atoms with van der Waals surface area (Å²) in [7, 11) is 0. The van der Waals surface area contributed by atoms with E-state index < -0.39 is 0 Å². The summed E-state index contributed by atoms with van der Waals surface area (Å²) in [5.74, 6) is 0. The van der Waals surface area contributed by atoms with E-state index in [-0.39, 0.29) is 0 Å². The number of rotatable bonds is 7. The molecule has 0 unspecified atom stereocenters. The van der Waals surface area contributed by atoms with Crippen molar-refractivity contribution >= 4 is 55.2 Å². The summed E-state index contributed by atoms with van der Waals surface area (Å²) in [5, 5.41) is 10.2. The third kappa shape index (κ3) is 5.57. The first kappa shape index (κ1) is 33.6. The normalized spacial score (nSPS) is 11.5. The van der Waals surface area contributed by atoms with Crippen molar-refractivity contribution in [3.8, 4) is 39.3 Å². The van der Waals surface area contributed by atoms with Gasteiger partial charge >= 0.3 is 0 Å². The Hall–Kier alpha value is -7.69. The van der Waals surface area contributed by atoms with Gasteiger partial charge in [0.2, 0.25) is 0 Å². The first-order chi connectivity index (χ1) is 28.7. The lowest BCUT2D eigenvalue weighted by Gasteiger charge is -2.26. The van der Waals surface area contributed by atoms with Crippen LogP contribution >= 0.6 is 0 Å². The fourth-order valence-electron chi connectivity index (χ4n) is 8.73. The molecule has 4 heteroatoms. The third-order valence-electron chi connectivity index (χ3n) is 11.5. The Morgan fingerprint density at radius 2 is 0.948 bits per heavy atom. The lowest BCUT2D eigenvalue weighted by atomic mass is 10.0. The summed E-state index contributed by atoms with van der Waals surface area (Å²) >= 11 is 0. The molecule has 0 spiro atoms. The molecule has 274 valence electrons. The summed E-state index contributed by atoms with van der Waals surface area (Å²) < 4.78 is 4.50. The van der Waals surface area contributed by atoms with Gasteiger partial charge in [-0.1, -0.05) is 146 Å². The predicted molar refractivity (Wildman–Crippen MR) is 243 cm³/mol. The van der Waals surface area contributed by atoms with Crippen LogP contribution in [-0.2, 0) is 0 Å². The molecule has 0 bridgehead atoms. The molecule has 11 aromatic rings. The summed E-state index contributed by atoms with van der Waals surface area (Å²) in [6, 6.07) is 76.0. The van der Waals surface area contributed by atoms with Gasteiger partial charge in [-0.05, 0) is 90.2 Å². The number of pyridine rings is 1. The second-order valence-electron chi connectivity index (χ2n) is 14.9. The fourth-order valence-corrected chi connectivity index (χ4v) is 8.73. The highest BCUT2D eigenvalue weighted by Gasteiger charge is 2.20. The largest absolute Gasteiger partial charge is 0.310 e. The molecule has 0 radical (unpaired) electrons. The molecule has 0 saturated heterocycles. The van der Waals surface area contributed by atoms with E-state index in [1.807, 2.05) is 0 Å². The number of aryl methyl sites for hydroxylation is 1. The van der Waals surface area contributed by atoms with Gasteiger partial charge in [-0.25, -0.2) is 4.52 Å². The molecule has 4 nitrogen and oxygen atoms in total. The number of benzene rings is 8. The molecule has 3 aromatic heterocycles. The number of hydrogen-bond donors (Lipinski definition) is 0. The Balaban J connectivity index is 1.06. The van der Waals surface area contributed by atoms with Crippen molar-refractivity contribution in [1.82, 2.24) is 14.2 Å². The van der Waals surface area contributed by atoms with E-state index in [1.165, 1.54) is 43.7 Å². The Bertz CT molecular complexity index is 3250. The second kappa shape index (κ2) is 13.8. The predicted octanol–water partition coefficient (Wildman–Crippen LogP) is 14.4. The van der Waals surface area contributed by atoms with Crippen molar-refractivity contribution in [2.24, 2.45) is 0 Å². The van der Waals surface area contributed by atoms with Crippen molar-refractivity contribution in [2.45, 2.75) is 6.92 Å². The highest BCUT2D eigenvalue weighted by atomic mass is 15.2. The molecule has 0 aliphatic carbocycles. The minimum atomic E-state index is 0.981. The summed E-state index contributed by atoms with van der Waals surface area (Å²) in [6.07, 6.45) is 0. The zero-order chi connectivity index (χ0) is 38.6. The quantitative estimate of drug-likeness (QED) is 0.162. The molecule has 8 aromatic carbocycles. The van der Waals surface area contributed by atoms with Crippen molar-refractivity contribution < 1.29 is 0 Å². The Morgan fingerprint density at radius 3 is 1.66 bits per heavy atom. The van der Waals surface area contributed by atoms with E-state index in [2.05, 4.69) is 233 Å². The molecule has 0 atom stereocenters. The van der Waals surface area contributed by atoms with Gasteiger partial charge in [0.1, 0.15) is 0 Å². The lowest BCUT2D eigenvalue weighted by molar-refractivity contribution is 0.979. The Labute approximate surface area is 337 Å². The van der Waals surface area contributed by atoms with Gasteiger partial charge < -0.3 is 9.47 Å². The SMILES string of the molecule is Cc1c(-c2ccc(N(c3ccc(-c4ccccc4)cc3)c3ccc4c(c3)c3ccccc3n4-c3ccccc3)cc2)nn2c(-c3ccccc3)cc3ccccc3c12. The molecule has 0 fully saturated rings. The minimum Gasteiger partial charge on any atom is -0.310 e. The van der Waals surface area contributed by atoms with E-state index in [0.717, 1.165) is 56.3 Å². The number of anilines is 3. The molecular weight excluding hydrogens is 705 g/mol. The molecule has 0 saturated carbocycles. The molecule has 0 N–H and O–H groups in total. The lowest BCUT2D eigenvalue weighted by Crippen LogP contribution is -2.10. The fraction of sp³-hybridized carbons (Fsp3) is 0.0185. The number of hydrogen-bond acceptors (Lipinski definition) is 2. The average Bonchev–Trinajstić information content (AvgIpc) is 3.82. The van der Waals surface area contributed by atoms with E-state index in [4.69, 9.17) is 5.10 Å². The maximum atomic E-state index is 5.33. The third-order valence-corrected chi connectivity index (χ3v) is 11.5. The van der Waals surface area contributed by atoms with Gasteiger partial charge in [0, 0.05) is 55.6 Å². The summed E-state index contributed by atoms with van der Waals surface area (Å²) in [6.45, 7) is 2.20. The zero-order valence-corrected chi connectivity index (χ0v) is 32.0. The van der Waals surface area contributed by atoms with Crippen molar-refractivity contribution in [3.05, 3.63) is 218 Å². The van der Waals surface area contributed by atoms with Crippen LogP contribution in [0.15, 0.2) is 212 Å². The van der Waals surface area contributed by atoms with Gasteiger partial charge in [0.05, 0.1) is 27.9 Å². The topological polar surface area (TPSA) is 25.5 Å². The van der Waals surface area contributed by atoms with Crippen molar-refractivity contribution in [2.75, 3.05) is 4.90 Å². The van der Waals surface area contributed by atoms with Crippen LogP contribution in [0.3, 0.4) is 0 Å². The Morgan fingerprint density at radius 1 is 0.414 bits per heavy atom. The van der Waals surface area contributed by atoms with Crippen LogP contribution in [-0.4, -0.2) is 14.2 Å². The molecule has 0 aliphatic rings. The first-order valence-corrected chi connectivity index (χ1v) is 19.8. The van der Waals surface area contributed by atoms with Crippen LogP contribution in [0.1, 0.15) is 5.56 Å². The summed E-state index contributed by atoms with van der Waals surface area (Å²) in [5.41, 5.74) is 15.7. The number of fused-ring (bicyclic) bond motifs is 6. The van der Waals surface area contributed by atoms with Crippen molar-refractivity contribution in [3.63, 3.8) is 0 Å².